The van der Waals surface area contributed by atoms with Crippen molar-refractivity contribution in [3.8, 4) is 0 Å². The molecule has 0 unspecified atom stereocenters. The maximum atomic E-state index is 9.87. The van der Waals surface area contributed by atoms with Crippen LogP contribution in [0, 0.1) is 0 Å². The van der Waals surface area contributed by atoms with Gasteiger partial charge in [-0.2, -0.15) is 5.10 Å². The summed E-state index contributed by atoms with van der Waals surface area (Å²) in [4.78, 5) is 0. The number of aliphatic hydroxyl groups excluding tert-OH is 2. The first-order valence-electron chi connectivity index (χ1n) is 7.02. The van der Waals surface area contributed by atoms with Crippen molar-refractivity contribution >= 4 is 15.9 Å². The van der Waals surface area contributed by atoms with E-state index in [1.165, 1.54) is 0 Å². The molecule has 21 heavy (non-hydrogen) atoms. The highest BCUT2D eigenvalue weighted by molar-refractivity contribution is 9.10. The monoisotopic (exact) mass is 352 g/mol. The van der Waals surface area contributed by atoms with Crippen molar-refractivity contribution in [2.24, 2.45) is 0 Å². The molecule has 0 radical (unpaired) electrons. The lowest BCUT2D eigenvalue weighted by Crippen LogP contribution is -2.37. The normalized spacial score (nSPS) is 12.1. The van der Waals surface area contributed by atoms with Gasteiger partial charge in [0.05, 0.1) is 18.9 Å². The van der Waals surface area contributed by atoms with Crippen molar-refractivity contribution in [3.05, 3.63) is 52.3 Å². The fourth-order valence-corrected chi connectivity index (χ4v) is 2.62. The average Bonchev–Trinajstić information content (AvgIpc) is 2.94. The number of halogens is 1. The standard InChI is InChI=1S/C16H21BrN2O2/c1-12(2)19-8-7-15(18-19)9-16(10-20,11-21)13-3-5-14(17)6-4-13/h3-8,12,20-21H,9-11H2,1-2H3. The van der Waals surface area contributed by atoms with Gasteiger partial charge in [0.15, 0.2) is 0 Å². The largest absolute Gasteiger partial charge is 0.395 e. The van der Waals surface area contributed by atoms with E-state index in [0.717, 1.165) is 15.7 Å². The second-order valence-corrected chi connectivity index (χ2v) is 6.58. The molecule has 1 aromatic carbocycles. The van der Waals surface area contributed by atoms with E-state index >= 15 is 0 Å². The Kier molecular flexibility index (Phi) is 5.19. The summed E-state index contributed by atoms with van der Waals surface area (Å²) in [6.45, 7) is 3.88. The molecule has 0 aliphatic rings. The van der Waals surface area contributed by atoms with E-state index < -0.39 is 5.41 Å². The fraction of sp³-hybridized carbons (Fsp3) is 0.438. The molecule has 0 amide bonds. The van der Waals surface area contributed by atoms with Gasteiger partial charge in [0.1, 0.15) is 0 Å². The minimum absolute atomic E-state index is 0.125. The van der Waals surface area contributed by atoms with Gasteiger partial charge in [-0.25, -0.2) is 0 Å². The van der Waals surface area contributed by atoms with Gasteiger partial charge in [-0.05, 0) is 37.6 Å². The first-order chi connectivity index (χ1) is 10.0. The second kappa shape index (κ2) is 6.73. The van der Waals surface area contributed by atoms with Gasteiger partial charge in [-0.3, -0.25) is 4.68 Å². The van der Waals surface area contributed by atoms with E-state index in [9.17, 15) is 10.2 Å². The van der Waals surface area contributed by atoms with Crippen LogP contribution in [0.15, 0.2) is 41.0 Å². The van der Waals surface area contributed by atoms with Gasteiger partial charge in [0.2, 0.25) is 0 Å². The fourth-order valence-electron chi connectivity index (χ4n) is 2.36. The lowest BCUT2D eigenvalue weighted by atomic mass is 9.78. The van der Waals surface area contributed by atoms with Gasteiger partial charge in [-0.1, -0.05) is 28.1 Å². The Morgan fingerprint density at radius 2 is 1.76 bits per heavy atom. The van der Waals surface area contributed by atoms with Crippen LogP contribution in [0.3, 0.4) is 0 Å². The predicted octanol–water partition coefficient (Wildman–Crippen LogP) is 2.69. The Morgan fingerprint density at radius 3 is 2.24 bits per heavy atom. The molecular weight excluding hydrogens is 332 g/mol. The Morgan fingerprint density at radius 1 is 1.14 bits per heavy atom. The molecule has 0 aliphatic carbocycles. The van der Waals surface area contributed by atoms with Crippen molar-refractivity contribution in [3.63, 3.8) is 0 Å². The number of hydrogen-bond acceptors (Lipinski definition) is 3. The molecule has 2 aromatic rings. The van der Waals surface area contributed by atoms with Gasteiger partial charge in [0, 0.05) is 28.5 Å². The van der Waals surface area contributed by atoms with Crippen molar-refractivity contribution < 1.29 is 10.2 Å². The minimum Gasteiger partial charge on any atom is -0.395 e. The molecule has 0 spiro atoms. The summed E-state index contributed by atoms with van der Waals surface area (Å²) >= 11 is 3.40. The topological polar surface area (TPSA) is 58.3 Å². The molecule has 0 atom stereocenters. The Bertz CT molecular complexity index is 574. The highest BCUT2D eigenvalue weighted by Gasteiger charge is 2.32. The van der Waals surface area contributed by atoms with Crippen molar-refractivity contribution in [1.82, 2.24) is 9.78 Å². The van der Waals surface area contributed by atoms with Crippen molar-refractivity contribution in [2.45, 2.75) is 31.7 Å². The van der Waals surface area contributed by atoms with E-state index in [1.54, 1.807) is 0 Å². The third-order valence-corrected chi connectivity index (χ3v) is 4.30. The number of rotatable bonds is 6. The molecule has 1 heterocycles. The summed E-state index contributed by atoms with van der Waals surface area (Å²) in [5, 5.41) is 24.3. The average molecular weight is 353 g/mol. The number of aliphatic hydroxyl groups is 2. The van der Waals surface area contributed by atoms with E-state index in [4.69, 9.17) is 0 Å². The molecule has 2 N–H and O–H groups in total. The van der Waals surface area contributed by atoms with Gasteiger partial charge in [0.25, 0.3) is 0 Å². The lowest BCUT2D eigenvalue weighted by molar-refractivity contribution is 0.115. The smallest absolute Gasteiger partial charge is 0.0635 e. The summed E-state index contributed by atoms with van der Waals surface area (Å²) in [6.07, 6.45) is 2.43. The molecule has 0 bridgehead atoms. The number of hydrogen-bond donors (Lipinski definition) is 2. The van der Waals surface area contributed by atoms with E-state index in [1.807, 2.05) is 41.2 Å². The zero-order valence-corrected chi connectivity index (χ0v) is 13.9. The highest BCUT2D eigenvalue weighted by atomic mass is 79.9. The number of benzene rings is 1. The van der Waals surface area contributed by atoms with Crippen LogP contribution in [0.25, 0.3) is 0 Å². The zero-order valence-electron chi connectivity index (χ0n) is 12.3. The van der Waals surface area contributed by atoms with Crippen LogP contribution >= 0.6 is 15.9 Å². The Labute approximate surface area is 133 Å². The summed E-state index contributed by atoms with van der Waals surface area (Å²) < 4.78 is 2.86. The first kappa shape index (κ1) is 16.2. The summed E-state index contributed by atoms with van der Waals surface area (Å²) in [5.74, 6) is 0. The molecule has 114 valence electrons. The Balaban J connectivity index is 2.30. The van der Waals surface area contributed by atoms with Crippen molar-refractivity contribution in [2.75, 3.05) is 13.2 Å². The van der Waals surface area contributed by atoms with Crippen LogP contribution < -0.4 is 0 Å². The third-order valence-electron chi connectivity index (χ3n) is 3.77. The number of aromatic nitrogens is 2. The Hall–Kier alpha value is -1.17. The molecule has 4 nitrogen and oxygen atoms in total. The van der Waals surface area contributed by atoms with E-state index in [-0.39, 0.29) is 13.2 Å². The quantitative estimate of drug-likeness (QED) is 0.840. The summed E-state index contributed by atoms with van der Waals surface area (Å²) in [7, 11) is 0. The molecule has 5 heteroatoms. The molecule has 0 saturated carbocycles. The van der Waals surface area contributed by atoms with Gasteiger partial charge >= 0.3 is 0 Å². The summed E-state index contributed by atoms with van der Waals surface area (Å²) in [5.41, 5.74) is 1.07. The number of nitrogens with zero attached hydrogens (tertiary/aromatic N) is 2. The van der Waals surface area contributed by atoms with Crippen molar-refractivity contribution in [1.29, 1.82) is 0 Å². The second-order valence-electron chi connectivity index (χ2n) is 5.66. The van der Waals surface area contributed by atoms with Crippen LogP contribution in [0.5, 0.6) is 0 Å². The predicted molar refractivity (Wildman–Crippen MR) is 86.3 cm³/mol. The maximum absolute atomic E-state index is 9.87. The molecular formula is C16H21BrN2O2. The van der Waals surface area contributed by atoms with E-state index in [2.05, 4.69) is 34.9 Å². The van der Waals surface area contributed by atoms with Crippen LogP contribution in [-0.2, 0) is 11.8 Å². The highest BCUT2D eigenvalue weighted by Crippen LogP contribution is 2.29. The maximum Gasteiger partial charge on any atom is 0.0635 e. The zero-order chi connectivity index (χ0) is 15.5. The molecule has 0 fully saturated rings. The molecule has 0 saturated heterocycles. The van der Waals surface area contributed by atoms with Gasteiger partial charge in [-0.15, -0.1) is 0 Å². The minimum atomic E-state index is -0.711. The van der Waals surface area contributed by atoms with Crippen LogP contribution in [0.1, 0.15) is 31.1 Å². The third kappa shape index (κ3) is 3.54. The van der Waals surface area contributed by atoms with Gasteiger partial charge < -0.3 is 10.2 Å². The SMILES string of the molecule is CC(C)n1ccc(CC(CO)(CO)c2ccc(Br)cc2)n1. The van der Waals surface area contributed by atoms with Crippen LogP contribution in [0.2, 0.25) is 0 Å². The van der Waals surface area contributed by atoms with Crippen LogP contribution in [0.4, 0.5) is 0 Å². The van der Waals surface area contributed by atoms with E-state index in [0.29, 0.717) is 12.5 Å². The molecule has 2 rings (SSSR count). The van der Waals surface area contributed by atoms with Crippen LogP contribution in [-0.4, -0.2) is 33.2 Å². The molecule has 1 aromatic heterocycles. The lowest BCUT2D eigenvalue weighted by Gasteiger charge is -2.29. The molecule has 0 aliphatic heterocycles. The summed E-state index contributed by atoms with van der Waals surface area (Å²) in [6, 6.07) is 9.93. The first-order valence-corrected chi connectivity index (χ1v) is 7.82.